The molecule has 0 amide bonds. The van der Waals surface area contributed by atoms with Crippen LogP contribution in [-0.4, -0.2) is 19.1 Å². The van der Waals surface area contributed by atoms with Gasteiger partial charge in [-0.3, -0.25) is 4.90 Å². The Bertz CT molecular complexity index is 215. The number of nitrogens with zero attached hydrogens (tertiary/aromatic N) is 3. The van der Waals surface area contributed by atoms with Crippen LogP contribution < -0.4 is 9.88 Å². The van der Waals surface area contributed by atoms with Crippen LogP contribution in [-0.2, 0) is 6.42 Å². The van der Waals surface area contributed by atoms with Crippen molar-refractivity contribution in [2.24, 2.45) is 0 Å². The fourth-order valence-corrected chi connectivity index (χ4v) is 0.701. The predicted octanol–water partition coefficient (Wildman–Crippen LogP) is 0.110. The van der Waals surface area contributed by atoms with Crippen molar-refractivity contribution in [3.63, 3.8) is 0 Å². The molecule has 0 bridgehead atoms. The normalized spacial score (nSPS) is 9.00. The van der Waals surface area contributed by atoms with E-state index in [1.165, 1.54) is 0 Å². The van der Waals surface area contributed by atoms with Crippen LogP contribution in [0.2, 0.25) is 0 Å². The standard InChI is InChI=1S/C8H12N3/c1-4-7-5-9-8(10-6-7)11(2)3/h5H,4H2,1-3H3/q+1. The summed E-state index contributed by atoms with van der Waals surface area (Å²) in [5, 5.41) is 0. The van der Waals surface area contributed by atoms with Gasteiger partial charge >= 0.3 is 5.95 Å². The first-order chi connectivity index (χ1) is 5.24. The molecule has 0 fully saturated rings. The van der Waals surface area contributed by atoms with Crippen LogP contribution in [0.1, 0.15) is 12.5 Å². The lowest BCUT2D eigenvalue weighted by molar-refractivity contribution is -0.284. The molecule has 1 aromatic rings. The Labute approximate surface area is 67.1 Å². The number of hydrogen-bond donors (Lipinski definition) is 0. The van der Waals surface area contributed by atoms with E-state index in [-0.39, 0.29) is 0 Å². The molecular weight excluding hydrogens is 138 g/mol. The quantitative estimate of drug-likeness (QED) is 0.599. The van der Waals surface area contributed by atoms with E-state index in [0.717, 1.165) is 12.0 Å². The maximum Gasteiger partial charge on any atom is 0.491 e. The van der Waals surface area contributed by atoms with E-state index in [4.69, 9.17) is 0 Å². The van der Waals surface area contributed by atoms with Gasteiger partial charge in [0.15, 0.2) is 6.20 Å². The van der Waals surface area contributed by atoms with Gasteiger partial charge in [-0.1, -0.05) is 11.9 Å². The molecule has 0 spiro atoms. The topological polar surface area (TPSA) is 30.2 Å². The fourth-order valence-electron chi connectivity index (χ4n) is 0.701. The van der Waals surface area contributed by atoms with Crippen molar-refractivity contribution in [1.29, 1.82) is 0 Å². The molecule has 11 heavy (non-hydrogen) atoms. The minimum atomic E-state index is 0.710. The van der Waals surface area contributed by atoms with Gasteiger partial charge in [-0.25, -0.2) is 0 Å². The summed E-state index contributed by atoms with van der Waals surface area (Å²) in [5.41, 5.74) is 1.05. The number of anilines is 1. The zero-order valence-corrected chi connectivity index (χ0v) is 7.13. The molecule has 0 N–H and O–H groups in total. The zero-order valence-electron chi connectivity index (χ0n) is 7.13. The summed E-state index contributed by atoms with van der Waals surface area (Å²) < 4.78 is 0. The second-order valence-corrected chi connectivity index (χ2v) is 2.56. The summed E-state index contributed by atoms with van der Waals surface area (Å²) in [4.78, 5) is 10.0. The summed E-state index contributed by atoms with van der Waals surface area (Å²) in [7, 11) is 3.82. The van der Waals surface area contributed by atoms with Crippen molar-refractivity contribution in [2.45, 2.75) is 13.3 Å². The van der Waals surface area contributed by atoms with Crippen LogP contribution in [0.25, 0.3) is 0 Å². The van der Waals surface area contributed by atoms with Crippen molar-refractivity contribution in [1.82, 2.24) is 4.98 Å². The number of rotatable bonds is 2. The molecule has 58 valence electrons. The third-order valence-electron chi connectivity index (χ3n) is 1.42. The molecule has 0 aliphatic rings. The maximum atomic E-state index is 4.13. The van der Waals surface area contributed by atoms with Crippen LogP contribution in [0.4, 0.5) is 5.95 Å². The van der Waals surface area contributed by atoms with Crippen molar-refractivity contribution in [3.8, 4) is 0 Å². The largest absolute Gasteiger partial charge is 0.491 e. The Morgan fingerprint density at radius 1 is 1.64 bits per heavy atom. The summed E-state index contributed by atoms with van der Waals surface area (Å²) in [5.74, 6) is 0.710. The highest BCUT2D eigenvalue weighted by Gasteiger charge is 2.07. The summed E-state index contributed by atoms with van der Waals surface area (Å²) in [6.07, 6.45) is 5.66. The average molecular weight is 150 g/mol. The highest BCUT2D eigenvalue weighted by molar-refractivity contribution is 5.17. The Hall–Kier alpha value is -1.30. The number of aromatic nitrogens is 2. The van der Waals surface area contributed by atoms with Crippen molar-refractivity contribution >= 4 is 5.95 Å². The maximum absolute atomic E-state index is 4.13. The summed E-state index contributed by atoms with van der Waals surface area (Å²) in [6, 6.07) is 0. The van der Waals surface area contributed by atoms with E-state index in [1.807, 2.05) is 25.2 Å². The van der Waals surface area contributed by atoms with E-state index >= 15 is 0 Å². The number of aryl methyl sites for hydroxylation is 1. The van der Waals surface area contributed by atoms with E-state index in [0.29, 0.717) is 5.95 Å². The molecule has 1 rings (SSSR count). The lowest BCUT2D eigenvalue weighted by atomic mass is 10.3. The predicted molar refractivity (Wildman–Crippen MR) is 42.4 cm³/mol. The zero-order chi connectivity index (χ0) is 8.27. The molecule has 0 unspecified atom stereocenters. The van der Waals surface area contributed by atoms with E-state index in [9.17, 15) is 0 Å². The van der Waals surface area contributed by atoms with Crippen LogP contribution in [0.15, 0.2) is 6.20 Å². The Balaban J connectivity index is 2.83. The van der Waals surface area contributed by atoms with Crippen molar-refractivity contribution in [2.75, 3.05) is 19.0 Å². The van der Waals surface area contributed by atoms with Crippen LogP contribution in [0.3, 0.4) is 0 Å². The molecule has 0 saturated carbocycles. The molecule has 1 aromatic heterocycles. The van der Waals surface area contributed by atoms with E-state index in [1.54, 1.807) is 0 Å². The number of hydrogen-bond acceptors (Lipinski definition) is 2. The Morgan fingerprint density at radius 3 is 2.73 bits per heavy atom. The molecule has 0 aliphatic heterocycles. The second-order valence-electron chi connectivity index (χ2n) is 2.56. The third-order valence-corrected chi connectivity index (χ3v) is 1.42. The SMILES string of the molecule is CCc1c#[n+]c(N(C)C)nc1. The first kappa shape index (κ1) is 7.80. The summed E-state index contributed by atoms with van der Waals surface area (Å²) >= 11 is 0. The van der Waals surface area contributed by atoms with Crippen molar-refractivity contribution in [3.05, 3.63) is 18.0 Å². The summed E-state index contributed by atoms with van der Waals surface area (Å²) in [6.45, 7) is 2.06. The third kappa shape index (κ3) is 1.81. The van der Waals surface area contributed by atoms with Gasteiger partial charge in [-0.2, -0.15) is 4.98 Å². The lowest BCUT2D eigenvalue weighted by Crippen LogP contribution is -2.18. The van der Waals surface area contributed by atoms with Gasteiger partial charge in [0.1, 0.15) is 6.20 Å². The highest BCUT2D eigenvalue weighted by atomic mass is 15.2. The van der Waals surface area contributed by atoms with Gasteiger partial charge in [0.2, 0.25) is 0 Å². The molecule has 1 heterocycles. The Kier molecular flexibility index (Phi) is 2.27. The molecule has 3 nitrogen and oxygen atoms in total. The minimum Gasteiger partial charge on any atom is -0.252 e. The van der Waals surface area contributed by atoms with Gasteiger partial charge in [0.05, 0.1) is 19.7 Å². The van der Waals surface area contributed by atoms with Gasteiger partial charge in [0.25, 0.3) is 0 Å². The van der Waals surface area contributed by atoms with Crippen molar-refractivity contribution < 1.29 is 4.98 Å². The van der Waals surface area contributed by atoms with E-state index < -0.39 is 0 Å². The fraction of sp³-hybridized carbons (Fsp3) is 0.500. The van der Waals surface area contributed by atoms with Gasteiger partial charge < -0.3 is 0 Å². The lowest BCUT2D eigenvalue weighted by Gasteiger charge is -1.94. The first-order valence-corrected chi connectivity index (χ1v) is 3.65. The van der Waals surface area contributed by atoms with Crippen LogP contribution in [0, 0.1) is 6.20 Å². The molecular formula is C8H12N3+. The van der Waals surface area contributed by atoms with E-state index in [2.05, 4.69) is 23.1 Å². The van der Waals surface area contributed by atoms with Gasteiger partial charge in [-0.15, -0.1) is 0 Å². The molecule has 0 aromatic carbocycles. The molecule has 0 aliphatic carbocycles. The monoisotopic (exact) mass is 150 g/mol. The average Bonchev–Trinajstić information content (AvgIpc) is 2.05. The highest BCUT2D eigenvalue weighted by Crippen LogP contribution is 1.94. The van der Waals surface area contributed by atoms with Gasteiger partial charge in [0, 0.05) is 0 Å². The molecule has 0 radical (unpaired) electrons. The smallest absolute Gasteiger partial charge is 0.252 e. The molecule has 3 heteroatoms. The van der Waals surface area contributed by atoms with Gasteiger partial charge in [-0.05, 0) is 6.42 Å². The second kappa shape index (κ2) is 3.20. The molecule has 0 atom stereocenters. The van der Waals surface area contributed by atoms with Crippen LogP contribution >= 0.6 is 0 Å². The minimum absolute atomic E-state index is 0.710. The van der Waals surface area contributed by atoms with Crippen LogP contribution in [0.5, 0.6) is 0 Å². The first-order valence-electron chi connectivity index (χ1n) is 3.65. The Morgan fingerprint density at radius 2 is 2.36 bits per heavy atom. The molecule has 0 saturated heterocycles.